The minimum atomic E-state index is -0.376. The van der Waals surface area contributed by atoms with Crippen LogP contribution in [0.25, 0.3) is 22.1 Å². The minimum absolute atomic E-state index is 0.306. The van der Waals surface area contributed by atoms with E-state index in [0.29, 0.717) is 34.2 Å². The van der Waals surface area contributed by atoms with Crippen LogP contribution in [0.5, 0.6) is 0 Å². The van der Waals surface area contributed by atoms with Gasteiger partial charge < -0.3 is 0 Å². The highest BCUT2D eigenvalue weighted by molar-refractivity contribution is 7.09. The van der Waals surface area contributed by atoms with Gasteiger partial charge in [-0.25, -0.2) is 18.7 Å². The quantitative estimate of drug-likeness (QED) is 0.547. The molecule has 0 radical (unpaired) electrons. The smallest absolute Gasteiger partial charge is 0.182 e. The lowest BCUT2D eigenvalue weighted by Gasteiger charge is -2.08. The van der Waals surface area contributed by atoms with Gasteiger partial charge in [-0.05, 0) is 41.4 Å². The van der Waals surface area contributed by atoms with E-state index in [1.807, 2.05) is 0 Å². The number of rotatable bonds is 4. The summed E-state index contributed by atoms with van der Waals surface area (Å²) in [4.78, 5) is 8.73. The highest BCUT2D eigenvalue weighted by Crippen LogP contribution is 2.25. The Hall–Kier alpha value is -3.13. The maximum absolute atomic E-state index is 13.5. The van der Waals surface area contributed by atoms with Gasteiger partial charge in [0.1, 0.15) is 23.7 Å². The molecule has 5 nitrogen and oxygen atoms in total. The van der Waals surface area contributed by atoms with E-state index in [-0.39, 0.29) is 11.6 Å². The van der Waals surface area contributed by atoms with Crippen molar-refractivity contribution in [3.8, 4) is 22.1 Å². The number of aromatic nitrogens is 5. The average Bonchev–Trinajstić information content (AvgIpc) is 3.18. The Morgan fingerprint density at radius 1 is 0.923 bits per heavy atom. The van der Waals surface area contributed by atoms with E-state index in [1.54, 1.807) is 24.3 Å². The first kappa shape index (κ1) is 16.3. The van der Waals surface area contributed by atoms with Gasteiger partial charge >= 0.3 is 0 Å². The SMILES string of the molecule is Fc1ccc(Cc2nc(-c3cccc(F)c3)nnc2-c2ncns2)cc1. The fourth-order valence-corrected chi connectivity index (χ4v) is 3.00. The van der Waals surface area contributed by atoms with Gasteiger partial charge in [-0.15, -0.1) is 10.2 Å². The molecule has 4 rings (SSSR count). The van der Waals surface area contributed by atoms with Crippen molar-refractivity contribution in [3.63, 3.8) is 0 Å². The summed E-state index contributed by atoms with van der Waals surface area (Å²) in [7, 11) is 0. The molecule has 0 aliphatic rings. The lowest BCUT2D eigenvalue weighted by molar-refractivity contribution is 0.627. The van der Waals surface area contributed by atoms with Crippen molar-refractivity contribution in [2.45, 2.75) is 6.42 Å². The monoisotopic (exact) mass is 367 g/mol. The van der Waals surface area contributed by atoms with Crippen molar-refractivity contribution in [1.82, 2.24) is 24.5 Å². The Balaban J connectivity index is 1.79. The van der Waals surface area contributed by atoms with Gasteiger partial charge in [-0.1, -0.05) is 24.3 Å². The zero-order valence-corrected chi connectivity index (χ0v) is 14.1. The van der Waals surface area contributed by atoms with Crippen molar-refractivity contribution in [2.24, 2.45) is 0 Å². The van der Waals surface area contributed by atoms with E-state index in [4.69, 9.17) is 0 Å². The molecule has 0 saturated carbocycles. The minimum Gasteiger partial charge on any atom is -0.229 e. The normalized spacial score (nSPS) is 10.8. The molecule has 0 spiro atoms. The largest absolute Gasteiger partial charge is 0.229 e. The molecule has 2 aromatic carbocycles. The lowest BCUT2D eigenvalue weighted by atomic mass is 10.1. The van der Waals surface area contributed by atoms with Crippen LogP contribution in [0.2, 0.25) is 0 Å². The number of halogens is 2. The van der Waals surface area contributed by atoms with Gasteiger partial charge in [-0.3, -0.25) is 0 Å². The second-order valence-corrected chi connectivity index (χ2v) is 6.27. The van der Waals surface area contributed by atoms with Crippen LogP contribution in [0.15, 0.2) is 54.9 Å². The maximum atomic E-state index is 13.5. The molecule has 0 fully saturated rings. The predicted octanol–water partition coefficient (Wildman–Crippen LogP) is 3.93. The molecule has 0 atom stereocenters. The average molecular weight is 367 g/mol. The second-order valence-electron chi connectivity index (χ2n) is 5.49. The molecule has 4 aromatic rings. The van der Waals surface area contributed by atoms with E-state index in [9.17, 15) is 8.78 Å². The fourth-order valence-electron chi connectivity index (χ4n) is 2.47. The van der Waals surface area contributed by atoms with E-state index in [1.165, 1.54) is 42.1 Å². The Morgan fingerprint density at radius 3 is 2.50 bits per heavy atom. The van der Waals surface area contributed by atoms with Crippen LogP contribution >= 0.6 is 11.5 Å². The van der Waals surface area contributed by atoms with Crippen molar-refractivity contribution in [3.05, 3.63) is 77.8 Å². The third-order valence-corrected chi connectivity index (χ3v) is 4.36. The van der Waals surface area contributed by atoms with Gasteiger partial charge in [0.2, 0.25) is 0 Å². The van der Waals surface area contributed by atoms with E-state index in [2.05, 4.69) is 24.5 Å². The third kappa shape index (κ3) is 3.45. The third-order valence-electron chi connectivity index (χ3n) is 3.69. The van der Waals surface area contributed by atoms with Gasteiger partial charge in [0.05, 0.1) is 5.69 Å². The molecule has 0 aliphatic heterocycles. The van der Waals surface area contributed by atoms with E-state index in [0.717, 1.165) is 5.56 Å². The highest BCUT2D eigenvalue weighted by atomic mass is 32.1. The first-order valence-corrected chi connectivity index (χ1v) is 8.47. The lowest BCUT2D eigenvalue weighted by Crippen LogP contribution is -2.04. The fraction of sp³-hybridized carbons (Fsp3) is 0.0556. The van der Waals surface area contributed by atoms with Crippen molar-refractivity contribution in [1.29, 1.82) is 0 Å². The standard InChI is InChI=1S/C18H11F2N5S/c19-13-6-4-11(5-7-13)8-15-16(18-21-10-22-26-18)24-25-17(23-15)12-2-1-3-14(20)9-12/h1-7,9-10H,8H2. The number of hydrogen-bond donors (Lipinski definition) is 0. The summed E-state index contributed by atoms with van der Waals surface area (Å²) >= 11 is 1.18. The summed E-state index contributed by atoms with van der Waals surface area (Å²) in [5.41, 5.74) is 2.52. The summed E-state index contributed by atoms with van der Waals surface area (Å²) in [5.74, 6) is -0.367. The molecule has 0 bridgehead atoms. The van der Waals surface area contributed by atoms with Crippen LogP contribution in [0, 0.1) is 11.6 Å². The molecule has 26 heavy (non-hydrogen) atoms. The Bertz CT molecular complexity index is 1040. The van der Waals surface area contributed by atoms with Crippen LogP contribution in [0.4, 0.5) is 8.78 Å². The number of nitrogens with zero attached hydrogens (tertiary/aromatic N) is 5. The van der Waals surface area contributed by atoms with Gasteiger partial charge in [-0.2, -0.15) is 4.37 Å². The summed E-state index contributed by atoms with van der Waals surface area (Å²) in [6, 6.07) is 12.2. The van der Waals surface area contributed by atoms with Crippen LogP contribution in [0.3, 0.4) is 0 Å². The second kappa shape index (κ2) is 7.01. The van der Waals surface area contributed by atoms with E-state index < -0.39 is 0 Å². The Morgan fingerprint density at radius 2 is 1.77 bits per heavy atom. The molecule has 2 aromatic heterocycles. The molecule has 8 heteroatoms. The highest BCUT2D eigenvalue weighted by Gasteiger charge is 2.16. The first-order valence-electron chi connectivity index (χ1n) is 7.70. The molecule has 0 amide bonds. The predicted molar refractivity (Wildman–Crippen MR) is 93.3 cm³/mol. The first-order chi connectivity index (χ1) is 12.7. The summed E-state index contributed by atoms with van der Waals surface area (Å²) in [6.07, 6.45) is 1.84. The summed E-state index contributed by atoms with van der Waals surface area (Å²) < 4.78 is 30.7. The van der Waals surface area contributed by atoms with E-state index >= 15 is 0 Å². The Kier molecular flexibility index (Phi) is 4.40. The summed E-state index contributed by atoms with van der Waals surface area (Å²) in [5, 5.41) is 8.94. The van der Waals surface area contributed by atoms with Crippen LogP contribution in [-0.4, -0.2) is 24.5 Å². The molecule has 0 saturated heterocycles. The van der Waals surface area contributed by atoms with Crippen molar-refractivity contribution >= 4 is 11.5 Å². The molecule has 0 aliphatic carbocycles. The zero-order chi connectivity index (χ0) is 17.9. The summed E-state index contributed by atoms with van der Waals surface area (Å²) in [6.45, 7) is 0. The van der Waals surface area contributed by atoms with Crippen LogP contribution < -0.4 is 0 Å². The molecule has 2 heterocycles. The van der Waals surface area contributed by atoms with Crippen molar-refractivity contribution < 1.29 is 8.78 Å². The maximum Gasteiger partial charge on any atom is 0.182 e. The Labute approximate surface area is 151 Å². The number of hydrogen-bond acceptors (Lipinski definition) is 6. The van der Waals surface area contributed by atoms with Crippen LogP contribution in [-0.2, 0) is 6.42 Å². The molecule has 0 N–H and O–H groups in total. The van der Waals surface area contributed by atoms with Crippen LogP contribution in [0.1, 0.15) is 11.3 Å². The van der Waals surface area contributed by atoms with Gasteiger partial charge in [0, 0.05) is 12.0 Å². The zero-order valence-electron chi connectivity index (χ0n) is 13.3. The molecular weight excluding hydrogens is 356 g/mol. The molecular formula is C18H11F2N5S. The van der Waals surface area contributed by atoms with Crippen molar-refractivity contribution in [2.75, 3.05) is 0 Å². The van der Waals surface area contributed by atoms with Gasteiger partial charge in [0.25, 0.3) is 0 Å². The molecule has 0 unspecified atom stereocenters. The topological polar surface area (TPSA) is 64.5 Å². The number of benzene rings is 2. The van der Waals surface area contributed by atoms with Gasteiger partial charge in [0.15, 0.2) is 10.8 Å². The molecule has 128 valence electrons.